The average molecular weight is 358 g/mol. The van der Waals surface area contributed by atoms with E-state index in [9.17, 15) is 19.5 Å². The molecule has 2 atom stereocenters. The Morgan fingerprint density at radius 3 is 2.38 bits per heavy atom. The van der Waals surface area contributed by atoms with Gasteiger partial charge in [-0.05, 0) is 43.0 Å². The van der Waals surface area contributed by atoms with E-state index in [2.05, 4.69) is 5.32 Å². The van der Waals surface area contributed by atoms with Crippen molar-refractivity contribution in [2.24, 2.45) is 16.7 Å². The van der Waals surface area contributed by atoms with Crippen molar-refractivity contribution in [1.29, 1.82) is 0 Å². The first-order valence-electron chi connectivity index (χ1n) is 9.08. The van der Waals surface area contributed by atoms with Gasteiger partial charge in [0.2, 0.25) is 0 Å². The highest BCUT2D eigenvalue weighted by atomic mass is 16.4. The lowest BCUT2D eigenvalue weighted by Gasteiger charge is -2.23. The SMILES string of the molecule is CC(C)(C)C(=O)c1ccc(NC(=O)N2C[C@@H]3CCC[C@@]3(C(=O)O)C2)cc1. The molecule has 2 fully saturated rings. The van der Waals surface area contributed by atoms with Gasteiger partial charge in [-0.1, -0.05) is 27.2 Å². The van der Waals surface area contributed by atoms with Crippen molar-refractivity contribution in [2.45, 2.75) is 40.0 Å². The molecular weight excluding hydrogens is 332 g/mol. The van der Waals surface area contributed by atoms with E-state index in [0.29, 0.717) is 24.2 Å². The molecule has 6 heteroatoms. The Morgan fingerprint density at radius 2 is 1.85 bits per heavy atom. The zero-order valence-electron chi connectivity index (χ0n) is 15.5. The number of anilines is 1. The maximum absolute atomic E-state index is 12.5. The Bertz CT molecular complexity index is 735. The number of nitrogens with one attached hydrogen (secondary N) is 1. The van der Waals surface area contributed by atoms with Crippen molar-refractivity contribution < 1.29 is 19.5 Å². The van der Waals surface area contributed by atoms with Crippen molar-refractivity contribution in [2.75, 3.05) is 18.4 Å². The summed E-state index contributed by atoms with van der Waals surface area (Å²) in [7, 11) is 0. The van der Waals surface area contributed by atoms with Gasteiger partial charge in [0.05, 0.1) is 5.41 Å². The minimum atomic E-state index is -0.791. The van der Waals surface area contributed by atoms with Gasteiger partial charge in [-0.2, -0.15) is 0 Å². The number of likely N-dealkylation sites (tertiary alicyclic amines) is 1. The maximum Gasteiger partial charge on any atom is 0.321 e. The zero-order chi connectivity index (χ0) is 19.1. The van der Waals surface area contributed by atoms with Crippen LogP contribution in [0.1, 0.15) is 50.4 Å². The number of rotatable bonds is 3. The Balaban J connectivity index is 1.66. The van der Waals surface area contributed by atoms with E-state index in [1.165, 1.54) is 0 Å². The number of fused-ring (bicyclic) bond motifs is 1. The molecule has 1 saturated carbocycles. The number of carbonyl (C=O) groups is 3. The van der Waals surface area contributed by atoms with Crippen LogP contribution in [-0.2, 0) is 4.79 Å². The van der Waals surface area contributed by atoms with Crippen LogP contribution in [0.25, 0.3) is 0 Å². The number of nitrogens with zero attached hydrogens (tertiary/aromatic N) is 1. The number of hydrogen-bond acceptors (Lipinski definition) is 3. The fourth-order valence-corrected chi connectivity index (χ4v) is 4.13. The number of amides is 2. The Hall–Kier alpha value is -2.37. The summed E-state index contributed by atoms with van der Waals surface area (Å²) in [5, 5.41) is 12.4. The van der Waals surface area contributed by atoms with Gasteiger partial charge in [-0.15, -0.1) is 0 Å². The van der Waals surface area contributed by atoms with Crippen molar-refractivity contribution in [3.05, 3.63) is 29.8 Å². The molecular formula is C20H26N2O4. The molecule has 2 N–H and O–H groups in total. The molecule has 1 aliphatic heterocycles. The molecule has 3 rings (SSSR count). The fraction of sp³-hybridized carbons (Fsp3) is 0.550. The number of carboxylic acid groups (broad SMARTS) is 1. The summed E-state index contributed by atoms with van der Waals surface area (Å²) in [6.07, 6.45) is 2.41. The second kappa shape index (κ2) is 6.41. The molecule has 1 aliphatic carbocycles. The van der Waals surface area contributed by atoms with E-state index in [0.717, 1.165) is 12.8 Å². The summed E-state index contributed by atoms with van der Waals surface area (Å²) in [6, 6.07) is 6.55. The molecule has 0 radical (unpaired) electrons. The van der Waals surface area contributed by atoms with Crippen molar-refractivity contribution >= 4 is 23.5 Å². The first-order chi connectivity index (χ1) is 12.1. The largest absolute Gasteiger partial charge is 0.481 e. The smallest absolute Gasteiger partial charge is 0.321 e. The van der Waals surface area contributed by atoms with E-state index in [-0.39, 0.29) is 24.3 Å². The summed E-state index contributed by atoms with van der Waals surface area (Å²) < 4.78 is 0. The van der Waals surface area contributed by atoms with Crippen LogP contribution in [0.2, 0.25) is 0 Å². The quantitative estimate of drug-likeness (QED) is 0.808. The van der Waals surface area contributed by atoms with Crippen LogP contribution in [0, 0.1) is 16.7 Å². The normalized spacial score (nSPS) is 25.0. The first-order valence-corrected chi connectivity index (χ1v) is 9.08. The summed E-state index contributed by atoms with van der Waals surface area (Å²) in [5.41, 5.74) is -0.0261. The number of Topliss-reactive ketones (excluding diaryl/α,β-unsaturated/α-hetero) is 1. The summed E-state index contributed by atoms with van der Waals surface area (Å²) in [5.74, 6) is -0.705. The number of urea groups is 1. The highest BCUT2D eigenvalue weighted by Crippen LogP contribution is 2.48. The maximum atomic E-state index is 12.5. The predicted molar refractivity (Wildman–Crippen MR) is 98.2 cm³/mol. The number of ketones is 1. The highest BCUT2D eigenvalue weighted by molar-refractivity contribution is 6.00. The summed E-state index contributed by atoms with van der Waals surface area (Å²) >= 11 is 0. The fourth-order valence-electron chi connectivity index (χ4n) is 4.13. The topological polar surface area (TPSA) is 86.7 Å². The van der Waals surface area contributed by atoms with Crippen LogP contribution in [-0.4, -0.2) is 40.9 Å². The van der Waals surface area contributed by atoms with Gasteiger partial charge in [0.15, 0.2) is 5.78 Å². The van der Waals surface area contributed by atoms with Crippen LogP contribution in [0.5, 0.6) is 0 Å². The van der Waals surface area contributed by atoms with Crippen LogP contribution < -0.4 is 5.32 Å². The van der Waals surface area contributed by atoms with Gasteiger partial charge in [0.25, 0.3) is 0 Å². The van der Waals surface area contributed by atoms with Crippen LogP contribution >= 0.6 is 0 Å². The lowest BCUT2D eigenvalue weighted by Crippen LogP contribution is -2.38. The average Bonchev–Trinajstić information content (AvgIpc) is 3.12. The van der Waals surface area contributed by atoms with Gasteiger partial charge in [0.1, 0.15) is 0 Å². The molecule has 6 nitrogen and oxygen atoms in total. The molecule has 1 aromatic rings. The Kier molecular flexibility index (Phi) is 4.54. The summed E-state index contributed by atoms with van der Waals surface area (Å²) in [4.78, 5) is 38.1. The second-order valence-corrected chi connectivity index (χ2v) is 8.52. The van der Waals surface area contributed by atoms with Crippen LogP contribution in [0.4, 0.5) is 10.5 Å². The molecule has 0 spiro atoms. The van der Waals surface area contributed by atoms with Gasteiger partial charge in [-0.25, -0.2) is 4.79 Å². The van der Waals surface area contributed by atoms with Gasteiger partial charge in [0, 0.05) is 29.8 Å². The number of hydrogen-bond donors (Lipinski definition) is 2. The van der Waals surface area contributed by atoms with E-state index in [4.69, 9.17) is 0 Å². The van der Waals surface area contributed by atoms with Crippen molar-refractivity contribution in [3.8, 4) is 0 Å². The highest BCUT2D eigenvalue weighted by Gasteiger charge is 2.55. The monoisotopic (exact) mass is 358 g/mol. The van der Waals surface area contributed by atoms with Gasteiger partial charge in [-0.3, -0.25) is 9.59 Å². The number of aliphatic carboxylic acids is 1. The van der Waals surface area contributed by atoms with Gasteiger partial charge >= 0.3 is 12.0 Å². The molecule has 26 heavy (non-hydrogen) atoms. The molecule has 0 aromatic heterocycles. The predicted octanol–water partition coefficient (Wildman–Crippen LogP) is 3.63. The first kappa shape index (κ1) is 18.4. The van der Waals surface area contributed by atoms with Crippen molar-refractivity contribution in [1.82, 2.24) is 4.90 Å². The number of carboxylic acids is 1. The van der Waals surface area contributed by atoms with Crippen molar-refractivity contribution in [3.63, 3.8) is 0 Å². The molecule has 1 heterocycles. The number of carbonyl (C=O) groups excluding carboxylic acids is 2. The zero-order valence-corrected chi connectivity index (χ0v) is 15.5. The molecule has 0 bridgehead atoms. The number of benzene rings is 1. The Labute approximate surface area is 153 Å². The second-order valence-electron chi connectivity index (χ2n) is 8.52. The third kappa shape index (κ3) is 3.20. The van der Waals surface area contributed by atoms with Crippen LogP contribution in [0.15, 0.2) is 24.3 Å². The minimum absolute atomic E-state index is 0.0394. The van der Waals surface area contributed by atoms with Gasteiger partial charge < -0.3 is 15.3 Å². The molecule has 140 valence electrons. The van der Waals surface area contributed by atoms with E-state index >= 15 is 0 Å². The lowest BCUT2D eigenvalue weighted by atomic mass is 9.81. The summed E-state index contributed by atoms with van der Waals surface area (Å²) in [6.45, 7) is 6.35. The lowest BCUT2D eigenvalue weighted by molar-refractivity contribution is -0.149. The Morgan fingerprint density at radius 1 is 1.19 bits per heavy atom. The van der Waals surface area contributed by atoms with E-state index in [1.54, 1.807) is 29.2 Å². The third-order valence-electron chi connectivity index (χ3n) is 5.66. The molecule has 2 aliphatic rings. The van der Waals surface area contributed by atoms with Crippen LogP contribution in [0.3, 0.4) is 0 Å². The minimum Gasteiger partial charge on any atom is -0.481 e. The molecule has 1 saturated heterocycles. The van der Waals surface area contributed by atoms with E-state index in [1.807, 2.05) is 20.8 Å². The molecule has 0 unspecified atom stereocenters. The van der Waals surface area contributed by atoms with E-state index < -0.39 is 16.8 Å². The third-order valence-corrected chi connectivity index (χ3v) is 5.66. The molecule has 2 amide bonds. The molecule has 1 aromatic carbocycles. The standard InChI is InChI=1S/C20H26N2O4/c1-19(2,3)16(23)13-6-8-15(9-7-13)21-18(26)22-11-14-5-4-10-20(14,12-22)17(24)25/h6-9,14H,4-5,10-12H2,1-3H3,(H,21,26)(H,24,25)/t14-,20+/m0/s1.